The summed E-state index contributed by atoms with van der Waals surface area (Å²) < 4.78 is 6.41. The number of carbonyl (C=O) groups excluding carboxylic acids is 1. The minimum Gasteiger partial charge on any atom is -0.468 e. The van der Waals surface area contributed by atoms with Crippen LogP contribution in [0.2, 0.25) is 0 Å². The van der Waals surface area contributed by atoms with E-state index in [2.05, 4.69) is 10.4 Å². The van der Waals surface area contributed by atoms with Gasteiger partial charge in [-0.1, -0.05) is 13.8 Å². The molecule has 0 amide bonds. The summed E-state index contributed by atoms with van der Waals surface area (Å²) in [6.45, 7) is 4.80. The van der Waals surface area contributed by atoms with Crippen LogP contribution in [0.15, 0.2) is 18.5 Å². The highest BCUT2D eigenvalue weighted by molar-refractivity contribution is 5.75. The molecule has 6 heteroatoms. The first-order valence-electron chi connectivity index (χ1n) is 6.49. The molecule has 6 nitrogen and oxygen atoms in total. The fourth-order valence-corrected chi connectivity index (χ4v) is 1.84. The summed E-state index contributed by atoms with van der Waals surface area (Å²) in [5, 5.41) is 17.0. The van der Waals surface area contributed by atoms with Gasteiger partial charge in [0.15, 0.2) is 0 Å². The second kappa shape index (κ2) is 7.91. The molecule has 0 fully saturated rings. The molecule has 0 aromatic carbocycles. The lowest BCUT2D eigenvalue weighted by atomic mass is 10.0. The Morgan fingerprint density at radius 3 is 2.79 bits per heavy atom. The van der Waals surface area contributed by atoms with Crippen LogP contribution >= 0.6 is 0 Å². The summed E-state index contributed by atoms with van der Waals surface area (Å²) >= 11 is 0. The molecular formula is C13H23N3O3. The van der Waals surface area contributed by atoms with E-state index in [4.69, 9.17) is 4.74 Å². The second-order valence-electron chi connectivity index (χ2n) is 5.00. The van der Waals surface area contributed by atoms with Crippen molar-refractivity contribution in [2.45, 2.75) is 39.0 Å². The number of ether oxygens (including phenoxy) is 1. The first-order valence-corrected chi connectivity index (χ1v) is 6.49. The SMILES string of the molecule is COC(=O)C(CC(C)C)NCC(O)Cn1cccn1. The largest absolute Gasteiger partial charge is 0.468 e. The Morgan fingerprint density at radius 1 is 1.53 bits per heavy atom. The molecule has 2 unspecified atom stereocenters. The molecule has 0 aliphatic carbocycles. The average Bonchev–Trinajstić information content (AvgIpc) is 2.85. The number of carbonyl (C=O) groups is 1. The molecule has 108 valence electrons. The van der Waals surface area contributed by atoms with Gasteiger partial charge in [-0.2, -0.15) is 5.10 Å². The maximum absolute atomic E-state index is 11.6. The fraction of sp³-hybridized carbons (Fsp3) is 0.692. The van der Waals surface area contributed by atoms with E-state index in [0.717, 1.165) is 0 Å². The van der Waals surface area contributed by atoms with Crippen LogP contribution in [0.1, 0.15) is 20.3 Å². The van der Waals surface area contributed by atoms with Gasteiger partial charge in [0.05, 0.1) is 19.8 Å². The van der Waals surface area contributed by atoms with Crippen molar-refractivity contribution in [1.82, 2.24) is 15.1 Å². The predicted octanol–water partition coefficient (Wildman–Crippen LogP) is 0.421. The standard InChI is InChI=1S/C13H23N3O3/c1-10(2)7-12(13(18)19-3)14-8-11(17)9-16-6-4-5-15-16/h4-6,10-12,14,17H,7-9H2,1-3H3. The quantitative estimate of drug-likeness (QED) is 0.669. The maximum Gasteiger partial charge on any atom is 0.322 e. The van der Waals surface area contributed by atoms with Crippen LogP contribution in [0.3, 0.4) is 0 Å². The Bertz CT molecular complexity index is 365. The van der Waals surface area contributed by atoms with Crippen LogP contribution < -0.4 is 5.32 Å². The molecule has 19 heavy (non-hydrogen) atoms. The first kappa shape index (κ1) is 15.7. The third-order valence-corrected chi connectivity index (χ3v) is 2.75. The highest BCUT2D eigenvalue weighted by Crippen LogP contribution is 2.06. The molecule has 2 N–H and O–H groups in total. The van der Waals surface area contributed by atoms with Gasteiger partial charge in [0.25, 0.3) is 0 Å². The number of esters is 1. The summed E-state index contributed by atoms with van der Waals surface area (Å²) in [6.07, 6.45) is 3.53. The van der Waals surface area contributed by atoms with E-state index < -0.39 is 6.10 Å². The van der Waals surface area contributed by atoms with E-state index in [1.807, 2.05) is 13.8 Å². The predicted molar refractivity (Wildman–Crippen MR) is 71.5 cm³/mol. The minimum atomic E-state index is -0.598. The van der Waals surface area contributed by atoms with Crippen molar-refractivity contribution in [3.63, 3.8) is 0 Å². The van der Waals surface area contributed by atoms with Crippen molar-refractivity contribution >= 4 is 5.97 Å². The number of methoxy groups -OCH3 is 1. The van der Waals surface area contributed by atoms with Gasteiger partial charge in [0.2, 0.25) is 0 Å². The van der Waals surface area contributed by atoms with Crippen LogP contribution in [0.25, 0.3) is 0 Å². The number of aliphatic hydroxyl groups is 1. The molecule has 1 aromatic heterocycles. The van der Waals surface area contributed by atoms with Crippen LogP contribution in [0.4, 0.5) is 0 Å². The van der Waals surface area contributed by atoms with Gasteiger partial charge in [0, 0.05) is 18.9 Å². The molecule has 2 atom stereocenters. The lowest BCUT2D eigenvalue weighted by Crippen LogP contribution is -2.43. The zero-order valence-corrected chi connectivity index (χ0v) is 11.7. The third-order valence-electron chi connectivity index (χ3n) is 2.75. The number of hydrogen-bond donors (Lipinski definition) is 2. The van der Waals surface area contributed by atoms with E-state index in [9.17, 15) is 9.90 Å². The highest BCUT2D eigenvalue weighted by atomic mass is 16.5. The number of rotatable bonds is 8. The first-order chi connectivity index (χ1) is 9.02. The van der Waals surface area contributed by atoms with E-state index in [1.165, 1.54) is 7.11 Å². The average molecular weight is 269 g/mol. The van der Waals surface area contributed by atoms with Crippen molar-refractivity contribution in [2.75, 3.05) is 13.7 Å². The Balaban J connectivity index is 2.39. The zero-order chi connectivity index (χ0) is 14.3. The molecule has 0 radical (unpaired) electrons. The molecule has 0 saturated carbocycles. The van der Waals surface area contributed by atoms with Crippen LogP contribution in [-0.4, -0.2) is 46.7 Å². The van der Waals surface area contributed by atoms with Crippen molar-refractivity contribution in [3.8, 4) is 0 Å². The van der Waals surface area contributed by atoms with Gasteiger partial charge >= 0.3 is 5.97 Å². The Labute approximate surface area is 113 Å². The fourth-order valence-electron chi connectivity index (χ4n) is 1.84. The van der Waals surface area contributed by atoms with Crippen molar-refractivity contribution in [1.29, 1.82) is 0 Å². The minimum absolute atomic E-state index is 0.292. The Kier molecular flexibility index (Phi) is 6.52. The molecule has 0 spiro atoms. The second-order valence-corrected chi connectivity index (χ2v) is 5.00. The number of aromatic nitrogens is 2. The van der Waals surface area contributed by atoms with Gasteiger partial charge in [0.1, 0.15) is 6.04 Å². The number of aliphatic hydroxyl groups excluding tert-OH is 1. The van der Waals surface area contributed by atoms with E-state index in [1.54, 1.807) is 23.1 Å². The summed E-state index contributed by atoms with van der Waals surface area (Å²) in [6, 6.07) is 1.42. The molecule has 0 bridgehead atoms. The molecule has 0 saturated heterocycles. The van der Waals surface area contributed by atoms with Crippen LogP contribution in [0, 0.1) is 5.92 Å². The van der Waals surface area contributed by atoms with E-state index in [-0.39, 0.29) is 12.0 Å². The molecule has 0 aliphatic heterocycles. The molecule has 1 rings (SSSR count). The maximum atomic E-state index is 11.6. The monoisotopic (exact) mass is 269 g/mol. The normalized spacial score (nSPS) is 14.4. The molecular weight excluding hydrogens is 246 g/mol. The van der Waals surface area contributed by atoms with Crippen molar-refractivity contribution in [2.24, 2.45) is 5.92 Å². The molecule has 1 aromatic rings. The van der Waals surface area contributed by atoms with E-state index >= 15 is 0 Å². The summed E-state index contributed by atoms with van der Waals surface area (Å²) in [7, 11) is 1.37. The summed E-state index contributed by atoms with van der Waals surface area (Å²) in [5.41, 5.74) is 0. The van der Waals surface area contributed by atoms with Gasteiger partial charge < -0.3 is 15.2 Å². The lowest BCUT2D eigenvalue weighted by Gasteiger charge is -2.20. The topological polar surface area (TPSA) is 76.4 Å². The summed E-state index contributed by atoms with van der Waals surface area (Å²) in [4.78, 5) is 11.6. The van der Waals surface area contributed by atoms with Crippen molar-refractivity contribution in [3.05, 3.63) is 18.5 Å². The zero-order valence-electron chi connectivity index (χ0n) is 11.7. The number of nitrogens with one attached hydrogen (secondary N) is 1. The number of nitrogens with zero attached hydrogens (tertiary/aromatic N) is 2. The lowest BCUT2D eigenvalue weighted by molar-refractivity contribution is -0.143. The summed E-state index contributed by atoms with van der Waals surface area (Å²) in [5.74, 6) is 0.0832. The van der Waals surface area contributed by atoms with Crippen LogP contribution in [0.5, 0.6) is 0 Å². The van der Waals surface area contributed by atoms with Gasteiger partial charge in [-0.25, -0.2) is 0 Å². The third kappa shape index (κ3) is 5.85. The van der Waals surface area contributed by atoms with E-state index in [0.29, 0.717) is 25.4 Å². The van der Waals surface area contributed by atoms with Gasteiger partial charge in [-0.15, -0.1) is 0 Å². The van der Waals surface area contributed by atoms with Crippen LogP contribution in [-0.2, 0) is 16.1 Å². The smallest absolute Gasteiger partial charge is 0.322 e. The van der Waals surface area contributed by atoms with Crippen molar-refractivity contribution < 1.29 is 14.6 Å². The highest BCUT2D eigenvalue weighted by Gasteiger charge is 2.20. The Hall–Kier alpha value is -1.40. The molecule has 1 heterocycles. The van der Waals surface area contributed by atoms with Gasteiger partial charge in [-0.3, -0.25) is 9.48 Å². The van der Waals surface area contributed by atoms with Gasteiger partial charge in [-0.05, 0) is 18.4 Å². The number of hydrogen-bond acceptors (Lipinski definition) is 5. The molecule has 0 aliphatic rings. The Morgan fingerprint density at radius 2 is 2.26 bits per heavy atom.